The second-order valence-corrected chi connectivity index (χ2v) is 4.61. The summed E-state index contributed by atoms with van der Waals surface area (Å²) in [6.45, 7) is 6.48. The number of rotatable bonds is 7. The van der Waals surface area contributed by atoms with E-state index in [4.69, 9.17) is 10.8 Å². The molecule has 0 aromatic rings. The molecular weight excluding hydrogens is 178 g/mol. The highest BCUT2D eigenvalue weighted by molar-refractivity contribution is 5.72. The molecule has 0 aromatic carbocycles. The van der Waals surface area contributed by atoms with Crippen molar-refractivity contribution in [2.24, 2.45) is 17.6 Å². The lowest BCUT2D eigenvalue weighted by molar-refractivity contribution is -0.138. The van der Waals surface area contributed by atoms with Crippen molar-refractivity contribution in [3.05, 3.63) is 0 Å². The maximum Gasteiger partial charge on any atom is 0.320 e. The molecule has 14 heavy (non-hydrogen) atoms. The van der Waals surface area contributed by atoms with Crippen molar-refractivity contribution in [2.45, 2.75) is 52.5 Å². The molecule has 0 aliphatic carbocycles. The fraction of sp³-hybridized carbons (Fsp3) is 0.909. The summed E-state index contributed by atoms with van der Waals surface area (Å²) in [6, 6.07) is -0.691. The Bertz CT molecular complexity index is 169. The third-order valence-corrected chi connectivity index (χ3v) is 2.45. The Balaban J connectivity index is 3.55. The summed E-state index contributed by atoms with van der Waals surface area (Å²) in [6.07, 6.45) is 4.06. The van der Waals surface area contributed by atoms with Gasteiger partial charge in [-0.2, -0.15) is 0 Å². The molecule has 0 saturated heterocycles. The summed E-state index contributed by atoms with van der Waals surface area (Å²) in [5, 5.41) is 8.62. The summed E-state index contributed by atoms with van der Waals surface area (Å²) in [5.74, 6) is 0.260. The zero-order valence-corrected chi connectivity index (χ0v) is 9.49. The lowest BCUT2D eigenvalue weighted by Crippen LogP contribution is -2.31. The molecule has 3 N–H and O–H groups in total. The molecule has 0 radical (unpaired) electrons. The monoisotopic (exact) mass is 201 g/mol. The molecule has 3 heteroatoms. The van der Waals surface area contributed by atoms with Crippen LogP contribution in [0.1, 0.15) is 46.5 Å². The van der Waals surface area contributed by atoms with Gasteiger partial charge in [0.2, 0.25) is 0 Å². The quantitative estimate of drug-likeness (QED) is 0.664. The van der Waals surface area contributed by atoms with Crippen LogP contribution in [0.25, 0.3) is 0 Å². The fourth-order valence-corrected chi connectivity index (χ4v) is 1.53. The molecule has 0 rings (SSSR count). The maximum absolute atomic E-state index is 10.5. The van der Waals surface area contributed by atoms with Gasteiger partial charge in [0.15, 0.2) is 0 Å². The first-order valence-electron chi connectivity index (χ1n) is 5.41. The Kier molecular flexibility index (Phi) is 6.54. The molecule has 84 valence electrons. The van der Waals surface area contributed by atoms with E-state index in [-0.39, 0.29) is 0 Å². The van der Waals surface area contributed by atoms with E-state index in [1.54, 1.807) is 0 Å². The van der Waals surface area contributed by atoms with Crippen molar-refractivity contribution in [3.63, 3.8) is 0 Å². The predicted octanol–water partition coefficient (Wildman–Crippen LogP) is 2.25. The molecular formula is C11H23NO2. The van der Waals surface area contributed by atoms with Crippen LogP contribution in [-0.2, 0) is 4.79 Å². The standard InChI is InChI=1S/C11H23NO2/c1-8(2)5-4-6-9(3)7-10(12)11(13)14/h8-10H,4-7,12H2,1-3H3,(H,13,14). The van der Waals surface area contributed by atoms with Gasteiger partial charge in [0, 0.05) is 0 Å². The highest BCUT2D eigenvalue weighted by Crippen LogP contribution is 2.16. The van der Waals surface area contributed by atoms with E-state index < -0.39 is 12.0 Å². The number of carbonyl (C=O) groups is 1. The van der Waals surface area contributed by atoms with Crippen LogP contribution in [0.5, 0.6) is 0 Å². The Labute approximate surface area is 86.7 Å². The predicted molar refractivity (Wildman–Crippen MR) is 58.1 cm³/mol. The molecule has 0 amide bonds. The van der Waals surface area contributed by atoms with Gasteiger partial charge in [-0.25, -0.2) is 0 Å². The Morgan fingerprint density at radius 3 is 2.29 bits per heavy atom. The molecule has 0 fully saturated rings. The van der Waals surface area contributed by atoms with Crippen molar-refractivity contribution >= 4 is 5.97 Å². The van der Waals surface area contributed by atoms with E-state index in [0.29, 0.717) is 12.3 Å². The number of hydrogen-bond acceptors (Lipinski definition) is 2. The molecule has 3 nitrogen and oxygen atoms in total. The minimum absolute atomic E-state index is 0.417. The van der Waals surface area contributed by atoms with Crippen LogP contribution in [0.3, 0.4) is 0 Å². The van der Waals surface area contributed by atoms with E-state index in [9.17, 15) is 4.79 Å². The van der Waals surface area contributed by atoms with Gasteiger partial charge >= 0.3 is 5.97 Å². The molecule has 0 bridgehead atoms. The topological polar surface area (TPSA) is 63.3 Å². The Morgan fingerprint density at radius 2 is 1.86 bits per heavy atom. The first kappa shape index (κ1) is 13.4. The van der Waals surface area contributed by atoms with Gasteiger partial charge in [0.1, 0.15) is 6.04 Å². The molecule has 2 unspecified atom stereocenters. The third kappa shape index (κ3) is 6.89. The van der Waals surface area contributed by atoms with Crippen molar-refractivity contribution in [3.8, 4) is 0 Å². The Morgan fingerprint density at radius 1 is 1.29 bits per heavy atom. The average molecular weight is 201 g/mol. The van der Waals surface area contributed by atoms with Gasteiger partial charge in [0.05, 0.1) is 0 Å². The van der Waals surface area contributed by atoms with Crippen LogP contribution < -0.4 is 5.73 Å². The van der Waals surface area contributed by atoms with Gasteiger partial charge in [-0.3, -0.25) is 4.79 Å². The summed E-state index contributed by atoms with van der Waals surface area (Å²) in [4.78, 5) is 10.5. The van der Waals surface area contributed by atoms with Crippen molar-refractivity contribution in [1.82, 2.24) is 0 Å². The van der Waals surface area contributed by atoms with Gasteiger partial charge in [-0.05, 0) is 18.3 Å². The normalized spacial score (nSPS) is 15.5. The van der Waals surface area contributed by atoms with Crippen LogP contribution >= 0.6 is 0 Å². The van der Waals surface area contributed by atoms with E-state index in [0.717, 1.165) is 12.3 Å². The van der Waals surface area contributed by atoms with Crippen LogP contribution in [0.2, 0.25) is 0 Å². The van der Waals surface area contributed by atoms with Crippen LogP contribution in [0.15, 0.2) is 0 Å². The molecule has 0 heterocycles. The number of aliphatic carboxylic acids is 1. The molecule has 0 aliphatic rings. The first-order chi connectivity index (χ1) is 6.43. The SMILES string of the molecule is CC(C)CCCC(C)CC(N)C(=O)O. The molecule has 0 spiro atoms. The molecule has 2 atom stereocenters. The van der Waals surface area contributed by atoms with E-state index in [1.807, 2.05) is 0 Å². The van der Waals surface area contributed by atoms with E-state index in [1.165, 1.54) is 12.8 Å². The first-order valence-corrected chi connectivity index (χ1v) is 5.41. The van der Waals surface area contributed by atoms with Crippen molar-refractivity contribution < 1.29 is 9.90 Å². The van der Waals surface area contributed by atoms with Crippen LogP contribution in [0.4, 0.5) is 0 Å². The van der Waals surface area contributed by atoms with Crippen LogP contribution in [0, 0.1) is 11.8 Å². The van der Waals surface area contributed by atoms with Crippen molar-refractivity contribution in [2.75, 3.05) is 0 Å². The summed E-state index contributed by atoms with van der Waals surface area (Å²) >= 11 is 0. The fourth-order valence-electron chi connectivity index (χ4n) is 1.53. The number of hydrogen-bond donors (Lipinski definition) is 2. The Hall–Kier alpha value is -0.570. The highest BCUT2D eigenvalue weighted by atomic mass is 16.4. The van der Waals surface area contributed by atoms with Gasteiger partial charge in [-0.1, -0.05) is 40.0 Å². The zero-order valence-electron chi connectivity index (χ0n) is 9.49. The van der Waals surface area contributed by atoms with E-state index >= 15 is 0 Å². The lowest BCUT2D eigenvalue weighted by atomic mass is 9.94. The molecule has 0 aliphatic heterocycles. The summed E-state index contributed by atoms with van der Waals surface area (Å²) in [5.41, 5.74) is 5.45. The van der Waals surface area contributed by atoms with Crippen LogP contribution in [-0.4, -0.2) is 17.1 Å². The average Bonchev–Trinajstić information content (AvgIpc) is 2.02. The number of nitrogens with two attached hydrogens (primary N) is 1. The highest BCUT2D eigenvalue weighted by Gasteiger charge is 2.15. The second kappa shape index (κ2) is 6.82. The minimum Gasteiger partial charge on any atom is -0.480 e. The van der Waals surface area contributed by atoms with Crippen molar-refractivity contribution in [1.29, 1.82) is 0 Å². The maximum atomic E-state index is 10.5. The van der Waals surface area contributed by atoms with Gasteiger partial charge in [-0.15, -0.1) is 0 Å². The summed E-state index contributed by atoms with van der Waals surface area (Å²) < 4.78 is 0. The smallest absolute Gasteiger partial charge is 0.320 e. The van der Waals surface area contributed by atoms with Gasteiger partial charge in [0.25, 0.3) is 0 Å². The lowest BCUT2D eigenvalue weighted by Gasteiger charge is -2.14. The summed E-state index contributed by atoms with van der Waals surface area (Å²) in [7, 11) is 0. The number of carboxylic acids is 1. The number of carboxylic acid groups (broad SMARTS) is 1. The second-order valence-electron chi connectivity index (χ2n) is 4.61. The minimum atomic E-state index is -0.888. The van der Waals surface area contributed by atoms with Gasteiger partial charge < -0.3 is 10.8 Å². The molecule has 0 saturated carbocycles. The largest absolute Gasteiger partial charge is 0.480 e. The molecule has 0 aromatic heterocycles. The zero-order chi connectivity index (χ0) is 11.1. The van der Waals surface area contributed by atoms with E-state index in [2.05, 4.69) is 20.8 Å². The third-order valence-electron chi connectivity index (χ3n) is 2.45.